The highest BCUT2D eigenvalue weighted by atomic mass is 15.0. The quantitative estimate of drug-likeness (QED) is 0.167. The Kier molecular flexibility index (Phi) is 7.46. The van der Waals surface area contributed by atoms with Gasteiger partial charge in [-0.25, -0.2) is 15.0 Å². The molecule has 0 amide bonds. The highest BCUT2D eigenvalue weighted by molar-refractivity contribution is 6.02. The lowest BCUT2D eigenvalue weighted by molar-refractivity contribution is 1.08. The van der Waals surface area contributed by atoms with E-state index in [1.165, 1.54) is 43.1 Å². The van der Waals surface area contributed by atoms with E-state index in [4.69, 9.17) is 15.0 Å². The third-order valence-electron chi connectivity index (χ3n) is 10.8. The number of pyridine rings is 1. The van der Waals surface area contributed by atoms with E-state index >= 15 is 0 Å². The number of fused-ring (bicyclic) bond motifs is 5. The van der Waals surface area contributed by atoms with Crippen molar-refractivity contribution in [3.8, 4) is 56.4 Å². The smallest absolute Gasteiger partial charge is 0.164 e. The zero-order valence-corrected chi connectivity index (χ0v) is 30.3. The Morgan fingerprint density at radius 2 is 0.768 bits per heavy atom. The van der Waals surface area contributed by atoms with Crippen molar-refractivity contribution in [1.82, 2.24) is 19.9 Å². The summed E-state index contributed by atoms with van der Waals surface area (Å²) >= 11 is 0. The lowest BCUT2D eigenvalue weighted by atomic mass is 9.92. The van der Waals surface area contributed by atoms with Crippen LogP contribution in [0.25, 0.3) is 110 Å². The summed E-state index contributed by atoms with van der Waals surface area (Å²) in [6, 6.07) is 66.7. The standard InChI is InChI=1S/C52H32N4/c1-2-10-33(11-3-1)50-54-51(56-52(55-50)48-16-8-18-49-47(48)17-9-23-53-49)46-31-44(40-21-19-38-24-34-12-4-6-14-36(34)26-42(38)28-40)30-45(32-46)41-22-20-39-25-35-13-5-7-15-37(35)27-43(39)29-41/h1-32H. The SMILES string of the molecule is c1ccc(-c2nc(-c3cc(-c4ccc5cc6ccccc6cc5c4)cc(-c4ccc5cc6ccccc6cc5c4)c3)nc(-c3cccc4ncccc34)n2)cc1. The summed E-state index contributed by atoms with van der Waals surface area (Å²) < 4.78 is 0. The number of hydrogen-bond acceptors (Lipinski definition) is 4. The fourth-order valence-corrected chi connectivity index (χ4v) is 7.97. The molecule has 0 saturated carbocycles. The van der Waals surface area contributed by atoms with Gasteiger partial charge in [0.1, 0.15) is 0 Å². The second-order valence-corrected chi connectivity index (χ2v) is 14.4. The second kappa shape index (κ2) is 13.1. The van der Waals surface area contributed by atoms with Crippen LogP contribution < -0.4 is 0 Å². The van der Waals surface area contributed by atoms with Gasteiger partial charge in [0, 0.05) is 28.3 Å². The fourth-order valence-electron chi connectivity index (χ4n) is 7.97. The molecule has 0 radical (unpaired) electrons. The van der Waals surface area contributed by atoms with E-state index in [2.05, 4.69) is 145 Å². The number of rotatable bonds is 5. The molecule has 11 rings (SSSR count). The fraction of sp³-hybridized carbons (Fsp3) is 0. The van der Waals surface area contributed by atoms with Gasteiger partial charge in [0.25, 0.3) is 0 Å². The molecule has 0 aliphatic heterocycles. The Balaban J connectivity index is 1.14. The van der Waals surface area contributed by atoms with Crippen LogP contribution in [0.3, 0.4) is 0 Å². The second-order valence-electron chi connectivity index (χ2n) is 14.4. The maximum Gasteiger partial charge on any atom is 0.164 e. The molecule has 0 spiro atoms. The van der Waals surface area contributed by atoms with Crippen molar-refractivity contribution >= 4 is 54.0 Å². The molecule has 260 valence electrons. The molecule has 9 aromatic carbocycles. The molecule has 0 saturated heterocycles. The Morgan fingerprint density at radius 1 is 0.268 bits per heavy atom. The minimum Gasteiger partial charge on any atom is -0.256 e. The van der Waals surface area contributed by atoms with Crippen LogP contribution in [0.15, 0.2) is 194 Å². The molecule has 4 nitrogen and oxygen atoms in total. The van der Waals surface area contributed by atoms with Gasteiger partial charge in [0.15, 0.2) is 17.5 Å². The van der Waals surface area contributed by atoms with Crippen LogP contribution >= 0.6 is 0 Å². The zero-order valence-electron chi connectivity index (χ0n) is 30.3. The van der Waals surface area contributed by atoms with Gasteiger partial charge < -0.3 is 0 Å². The topological polar surface area (TPSA) is 51.6 Å². The first-order valence-electron chi connectivity index (χ1n) is 18.9. The van der Waals surface area contributed by atoms with E-state index in [9.17, 15) is 0 Å². The van der Waals surface area contributed by atoms with Crippen molar-refractivity contribution in [1.29, 1.82) is 0 Å². The van der Waals surface area contributed by atoms with Crippen molar-refractivity contribution < 1.29 is 0 Å². The van der Waals surface area contributed by atoms with E-state index in [1.54, 1.807) is 0 Å². The molecule has 0 aliphatic carbocycles. The first-order valence-corrected chi connectivity index (χ1v) is 18.9. The molecule has 0 bridgehead atoms. The van der Waals surface area contributed by atoms with Crippen molar-refractivity contribution in [2.45, 2.75) is 0 Å². The molecule has 0 atom stereocenters. The maximum absolute atomic E-state index is 5.24. The summed E-state index contributed by atoms with van der Waals surface area (Å²) in [6.45, 7) is 0. The molecular formula is C52H32N4. The Labute approximate surface area is 323 Å². The summed E-state index contributed by atoms with van der Waals surface area (Å²) in [4.78, 5) is 20.1. The molecule has 11 aromatic rings. The van der Waals surface area contributed by atoms with Gasteiger partial charge in [0.05, 0.1) is 5.52 Å². The zero-order chi connectivity index (χ0) is 37.0. The molecule has 0 unspecified atom stereocenters. The minimum atomic E-state index is 0.606. The van der Waals surface area contributed by atoms with Crippen LogP contribution in [0.1, 0.15) is 0 Å². The number of nitrogens with zero attached hydrogens (tertiary/aromatic N) is 4. The molecular weight excluding hydrogens is 681 g/mol. The average molecular weight is 713 g/mol. The molecule has 0 N–H and O–H groups in total. The first kappa shape index (κ1) is 31.9. The van der Waals surface area contributed by atoms with E-state index in [0.717, 1.165) is 49.8 Å². The van der Waals surface area contributed by atoms with Gasteiger partial charge in [-0.3, -0.25) is 4.98 Å². The third-order valence-corrected chi connectivity index (χ3v) is 10.8. The van der Waals surface area contributed by atoms with Crippen LogP contribution in [-0.4, -0.2) is 19.9 Å². The Morgan fingerprint density at radius 3 is 1.38 bits per heavy atom. The third kappa shape index (κ3) is 5.72. The summed E-state index contributed by atoms with van der Waals surface area (Å²) in [5.41, 5.74) is 8.07. The van der Waals surface area contributed by atoms with Gasteiger partial charge >= 0.3 is 0 Å². The van der Waals surface area contributed by atoms with Crippen molar-refractivity contribution in [3.63, 3.8) is 0 Å². The van der Waals surface area contributed by atoms with Crippen molar-refractivity contribution in [3.05, 3.63) is 194 Å². The van der Waals surface area contributed by atoms with Gasteiger partial charge in [-0.15, -0.1) is 0 Å². The van der Waals surface area contributed by atoms with Crippen LogP contribution in [0, 0.1) is 0 Å². The highest BCUT2D eigenvalue weighted by Crippen LogP contribution is 2.37. The molecule has 4 heteroatoms. The minimum absolute atomic E-state index is 0.606. The normalized spacial score (nSPS) is 11.6. The number of aromatic nitrogens is 4. The molecule has 2 aromatic heterocycles. The van der Waals surface area contributed by atoms with Gasteiger partial charge in [-0.2, -0.15) is 0 Å². The van der Waals surface area contributed by atoms with Crippen LogP contribution in [0.4, 0.5) is 0 Å². The first-order chi connectivity index (χ1) is 27.7. The maximum atomic E-state index is 5.24. The van der Waals surface area contributed by atoms with Crippen LogP contribution in [0.5, 0.6) is 0 Å². The van der Waals surface area contributed by atoms with E-state index in [-0.39, 0.29) is 0 Å². The van der Waals surface area contributed by atoms with Gasteiger partial charge in [-0.05, 0) is 132 Å². The number of benzene rings is 9. The largest absolute Gasteiger partial charge is 0.256 e. The summed E-state index contributed by atoms with van der Waals surface area (Å²) in [6.07, 6.45) is 1.82. The average Bonchev–Trinajstić information content (AvgIpc) is 3.27. The lowest BCUT2D eigenvalue weighted by Crippen LogP contribution is -2.01. The van der Waals surface area contributed by atoms with Crippen LogP contribution in [-0.2, 0) is 0 Å². The molecule has 56 heavy (non-hydrogen) atoms. The Bertz CT molecular complexity index is 3170. The number of hydrogen-bond donors (Lipinski definition) is 0. The van der Waals surface area contributed by atoms with Gasteiger partial charge in [0.2, 0.25) is 0 Å². The Hall–Kier alpha value is -7.56. The molecule has 2 heterocycles. The highest BCUT2D eigenvalue weighted by Gasteiger charge is 2.17. The van der Waals surface area contributed by atoms with Crippen LogP contribution in [0.2, 0.25) is 0 Å². The van der Waals surface area contributed by atoms with Gasteiger partial charge in [-0.1, -0.05) is 121 Å². The lowest BCUT2D eigenvalue weighted by Gasteiger charge is -2.14. The predicted molar refractivity (Wildman–Crippen MR) is 232 cm³/mol. The molecule has 0 fully saturated rings. The predicted octanol–water partition coefficient (Wildman–Crippen LogP) is 13.4. The van der Waals surface area contributed by atoms with E-state index in [0.29, 0.717) is 17.5 Å². The summed E-state index contributed by atoms with van der Waals surface area (Å²) in [7, 11) is 0. The van der Waals surface area contributed by atoms with Crippen molar-refractivity contribution in [2.75, 3.05) is 0 Å². The molecule has 0 aliphatic rings. The van der Waals surface area contributed by atoms with E-state index < -0.39 is 0 Å². The monoisotopic (exact) mass is 712 g/mol. The summed E-state index contributed by atoms with van der Waals surface area (Å²) in [5.74, 6) is 1.83. The van der Waals surface area contributed by atoms with Crippen molar-refractivity contribution in [2.24, 2.45) is 0 Å². The van der Waals surface area contributed by atoms with E-state index in [1.807, 2.05) is 54.7 Å². The summed E-state index contributed by atoms with van der Waals surface area (Å²) in [5, 5.41) is 10.7.